The number of halogens is 1. The number of nitrogens with zero attached hydrogens (tertiary/aromatic N) is 3. The monoisotopic (exact) mass is 402 g/mol. The Kier molecular flexibility index (Phi) is 5.08. The lowest BCUT2D eigenvalue weighted by Crippen LogP contribution is -2.44. The molecule has 4 rings (SSSR count). The van der Waals surface area contributed by atoms with Crippen LogP contribution in [0.2, 0.25) is 0 Å². The summed E-state index contributed by atoms with van der Waals surface area (Å²) in [5, 5.41) is 2.27. The first-order chi connectivity index (χ1) is 13.8. The number of anilines is 1. The van der Waals surface area contributed by atoms with Gasteiger partial charge in [-0.15, -0.1) is 0 Å². The minimum Gasteiger partial charge on any atom is -0.367 e. The first-order valence-electron chi connectivity index (χ1n) is 9.82. The number of carbonyl (C=O) groups excluding carboxylic acids is 4. The van der Waals surface area contributed by atoms with Crippen LogP contribution in [0.1, 0.15) is 40.0 Å². The van der Waals surface area contributed by atoms with E-state index in [0.29, 0.717) is 25.2 Å². The predicted octanol–water partition coefficient (Wildman–Crippen LogP) is 0.616. The molecule has 154 valence electrons. The Morgan fingerprint density at radius 2 is 1.69 bits per heavy atom. The maximum Gasteiger partial charge on any atom is 0.261 e. The third-order valence-electron chi connectivity index (χ3n) is 5.94. The zero-order valence-corrected chi connectivity index (χ0v) is 16.2. The van der Waals surface area contributed by atoms with E-state index in [4.69, 9.17) is 0 Å². The number of amides is 4. The van der Waals surface area contributed by atoms with Crippen molar-refractivity contribution in [3.05, 3.63) is 29.1 Å². The van der Waals surface area contributed by atoms with Gasteiger partial charge in [-0.1, -0.05) is 0 Å². The van der Waals surface area contributed by atoms with Crippen LogP contribution in [-0.2, 0) is 9.59 Å². The van der Waals surface area contributed by atoms with Gasteiger partial charge in [0.2, 0.25) is 11.8 Å². The van der Waals surface area contributed by atoms with Gasteiger partial charge in [-0.25, -0.2) is 4.39 Å². The maximum atomic E-state index is 14.7. The number of carbonyl (C=O) groups is 4. The molecule has 4 amide bonds. The van der Waals surface area contributed by atoms with Crippen LogP contribution in [0.15, 0.2) is 12.1 Å². The van der Waals surface area contributed by atoms with E-state index in [-0.39, 0.29) is 42.3 Å². The summed E-state index contributed by atoms with van der Waals surface area (Å²) in [4.78, 5) is 53.7. The lowest BCUT2D eigenvalue weighted by molar-refractivity contribution is -0.136. The first kappa shape index (κ1) is 19.5. The highest BCUT2D eigenvalue weighted by Gasteiger charge is 2.38. The molecule has 1 aromatic carbocycles. The Morgan fingerprint density at radius 3 is 2.34 bits per heavy atom. The lowest BCUT2D eigenvalue weighted by Gasteiger charge is -2.34. The van der Waals surface area contributed by atoms with Crippen LogP contribution in [-0.4, -0.2) is 73.2 Å². The van der Waals surface area contributed by atoms with Gasteiger partial charge in [0.15, 0.2) is 0 Å². The Balaban J connectivity index is 1.49. The van der Waals surface area contributed by atoms with Crippen molar-refractivity contribution < 1.29 is 23.6 Å². The molecule has 9 heteroatoms. The van der Waals surface area contributed by atoms with Crippen LogP contribution in [0.3, 0.4) is 0 Å². The molecule has 1 N–H and O–H groups in total. The van der Waals surface area contributed by atoms with E-state index in [9.17, 15) is 23.6 Å². The van der Waals surface area contributed by atoms with Crippen LogP contribution in [0.4, 0.5) is 10.1 Å². The van der Waals surface area contributed by atoms with E-state index < -0.39 is 23.5 Å². The van der Waals surface area contributed by atoms with Gasteiger partial charge in [0, 0.05) is 45.1 Å². The van der Waals surface area contributed by atoms with Gasteiger partial charge in [0.1, 0.15) is 5.82 Å². The molecule has 3 heterocycles. The molecule has 3 aliphatic rings. The third kappa shape index (κ3) is 3.62. The predicted molar refractivity (Wildman–Crippen MR) is 102 cm³/mol. The Bertz CT molecular complexity index is 895. The summed E-state index contributed by atoms with van der Waals surface area (Å²) < 4.78 is 14.7. The first-order valence-corrected chi connectivity index (χ1v) is 9.82. The summed E-state index contributed by atoms with van der Waals surface area (Å²) in [6.45, 7) is 2.94. The summed E-state index contributed by atoms with van der Waals surface area (Å²) in [7, 11) is 2.00. The molecule has 0 radical (unpaired) electrons. The third-order valence-corrected chi connectivity index (χ3v) is 5.94. The van der Waals surface area contributed by atoms with Crippen molar-refractivity contribution in [3.63, 3.8) is 0 Å². The molecule has 29 heavy (non-hydrogen) atoms. The minimum atomic E-state index is -0.541. The topological polar surface area (TPSA) is 90.0 Å². The second-order valence-corrected chi connectivity index (χ2v) is 7.84. The molecule has 3 aliphatic heterocycles. The normalized spacial score (nSPS) is 22.9. The summed E-state index contributed by atoms with van der Waals surface area (Å²) in [5.41, 5.74) is 0.604. The van der Waals surface area contributed by atoms with E-state index in [1.165, 1.54) is 6.07 Å². The molecule has 0 aromatic heterocycles. The highest BCUT2D eigenvalue weighted by atomic mass is 19.1. The zero-order valence-electron chi connectivity index (χ0n) is 16.2. The summed E-state index contributed by atoms with van der Waals surface area (Å²) in [5.74, 6) is -2.62. The Hall–Kier alpha value is -2.81. The van der Waals surface area contributed by atoms with Crippen molar-refractivity contribution in [2.45, 2.75) is 19.3 Å². The van der Waals surface area contributed by atoms with Crippen molar-refractivity contribution in [3.8, 4) is 0 Å². The number of piperidine rings is 1. The van der Waals surface area contributed by atoms with Gasteiger partial charge in [0.25, 0.3) is 11.8 Å². The number of rotatable bonds is 4. The van der Waals surface area contributed by atoms with Gasteiger partial charge in [0.05, 0.1) is 16.8 Å². The molecular formula is C20H23FN4O4. The molecule has 1 atom stereocenters. The molecule has 2 saturated heterocycles. The molecule has 0 spiro atoms. The number of piperazine rings is 1. The van der Waals surface area contributed by atoms with Crippen LogP contribution in [0.5, 0.6) is 0 Å². The second kappa shape index (κ2) is 7.55. The molecule has 0 aliphatic carbocycles. The second-order valence-electron chi connectivity index (χ2n) is 7.84. The van der Waals surface area contributed by atoms with Crippen LogP contribution in [0, 0.1) is 11.7 Å². The molecule has 1 unspecified atom stereocenters. The van der Waals surface area contributed by atoms with Crippen LogP contribution < -0.4 is 10.2 Å². The zero-order chi connectivity index (χ0) is 20.7. The van der Waals surface area contributed by atoms with Crippen molar-refractivity contribution >= 4 is 29.3 Å². The summed E-state index contributed by atoms with van der Waals surface area (Å²) >= 11 is 0. The maximum absolute atomic E-state index is 14.7. The SMILES string of the molecule is CN1CCN(c2cc3c(cc2F)C(=O)N(CCC2CCC(=O)NC2=O)C3=O)CC1. The Labute approximate surface area is 167 Å². The van der Waals surface area contributed by atoms with Gasteiger partial charge in [-0.05, 0) is 32.0 Å². The average Bonchev–Trinajstić information content (AvgIpc) is 2.91. The number of imide groups is 2. The summed E-state index contributed by atoms with van der Waals surface area (Å²) in [6.07, 6.45) is 0.923. The number of hydrogen-bond acceptors (Lipinski definition) is 6. The molecule has 8 nitrogen and oxygen atoms in total. The standard InChI is InChI=1S/C20H23FN4O4/c1-23-6-8-24(9-7-23)16-11-14-13(10-15(16)21)19(28)25(20(14)29)5-4-12-2-3-17(26)22-18(12)27/h10-12H,2-9H2,1H3,(H,22,26,27). The van der Waals surface area contributed by atoms with E-state index in [1.54, 1.807) is 0 Å². The van der Waals surface area contributed by atoms with Crippen molar-refractivity contribution in [2.24, 2.45) is 5.92 Å². The largest absolute Gasteiger partial charge is 0.367 e. The lowest BCUT2D eigenvalue weighted by atomic mass is 9.94. The van der Waals surface area contributed by atoms with E-state index in [2.05, 4.69) is 10.2 Å². The number of fused-ring (bicyclic) bond motifs is 1. The molecule has 0 saturated carbocycles. The van der Waals surface area contributed by atoms with Gasteiger partial charge >= 0.3 is 0 Å². The number of hydrogen-bond donors (Lipinski definition) is 1. The highest BCUT2D eigenvalue weighted by molar-refractivity contribution is 6.21. The fourth-order valence-electron chi connectivity index (χ4n) is 4.09. The van der Waals surface area contributed by atoms with Crippen LogP contribution >= 0.6 is 0 Å². The van der Waals surface area contributed by atoms with Gasteiger partial charge in [-0.3, -0.25) is 29.4 Å². The smallest absolute Gasteiger partial charge is 0.261 e. The molecular weight excluding hydrogens is 379 g/mol. The summed E-state index contributed by atoms with van der Waals surface area (Å²) in [6, 6.07) is 2.62. The average molecular weight is 402 g/mol. The van der Waals surface area contributed by atoms with E-state index in [1.807, 2.05) is 11.9 Å². The van der Waals surface area contributed by atoms with Crippen molar-refractivity contribution in [2.75, 3.05) is 44.7 Å². The van der Waals surface area contributed by atoms with Crippen molar-refractivity contribution in [1.82, 2.24) is 15.1 Å². The fourth-order valence-corrected chi connectivity index (χ4v) is 4.09. The van der Waals surface area contributed by atoms with E-state index >= 15 is 0 Å². The molecule has 2 fully saturated rings. The highest BCUT2D eigenvalue weighted by Crippen LogP contribution is 2.31. The van der Waals surface area contributed by atoms with Gasteiger partial charge < -0.3 is 9.80 Å². The number of nitrogens with one attached hydrogen (secondary N) is 1. The van der Waals surface area contributed by atoms with Crippen LogP contribution in [0.25, 0.3) is 0 Å². The molecule has 0 bridgehead atoms. The van der Waals surface area contributed by atoms with Crippen molar-refractivity contribution in [1.29, 1.82) is 0 Å². The molecule has 1 aromatic rings. The van der Waals surface area contributed by atoms with Gasteiger partial charge in [-0.2, -0.15) is 0 Å². The minimum absolute atomic E-state index is 0.0596. The number of benzene rings is 1. The quantitative estimate of drug-likeness (QED) is 0.743. The number of likely N-dealkylation sites (N-methyl/N-ethyl adjacent to an activating group) is 1. The fraction of sp³-hybridized carbons (Fsp3) is 0.500. The van der Waals surface area contributed by atoms with E-state index in [0.717, 1.165) is 24.1 Å². The Morgan fingerprint density at radius 1 is 1.03 bits per heavy atom.